The first-order chi connectivity index (χ1) is 20.3. The Labute approximate surface area is 246 Å². The molecule has 8 rings (SSSR count). The Bertz CT molecular complexity index is 1500. The van der Waals surface area contributed by atoms with Crippen LogP contribution in [0.1, 0.15) is 73.6 Å². The molecule has 0 atom stereocenters. The first kappa shape index (κ1) is 25.3. The molecule has 2 fully saturated rings. The molecule has 0 saturated heterocycles. The first-order valence-corrected chi connectivity index (χ1v) is 18.2. The zero-order valence-electron chi connectivity index (χ0n) is 24.1. The van der Waals surface area contributed by atoms with E-state index in [1.54, 1.807) is 11.1 Å². The normalized spacial score (nSPS) is 18.8. The third-order valence-electron chi connectivity index (χ3n) is 11.0. The van der Waals surface area contributed by atoms with E-state index in [0.717, 1.165) is 11.1 Å². The summed E-state index contributed by atoms with van der Waals surface area (Å²) in [7, 11) is -1.98. The smallest absolute Gasteiger partial charge is 0.0704 e. The van der Waals surface area contributed by atoms with Gasteiger partial charge in [0.05, 0.1) is 0 Å². The monoisotopic (exact) mass is 548 g/mol. The maximum atomic E-state index is 2.75. The van der Waals surface area contributed by atoms with Crippen molar-refractivity contribution in [3.05, 3.63) is 130 Å². The summed E-state index contributed by atoms with van der Waals surface area (Å²) < 4.78 is 0. The van der Waals surface area contributed by atoms with E-state index in [2.05, 4.69) is 109 Å². The average Bonchev–Trinajstić information content (AvgIpc) is 3.85. The highest BCUT2D eigenvalue weighted by molar-refractivity contribution is 6.96. The average molecular weight is 549 g/mol. The quantitative estimate of drug-likeness (QED) is 0.210. The zero-order valence-corrected chi connectivity index (χ0v) is 25.1. The molecule has 4 aromatic rings. The molecular formula is C40H40Si. The van der Waals surface area contributed by atoms with Crippen LogP contribution in [0, 0.1) is 0 Å². The van der Waals surface area contributed by atoms with Crippen molar-refractivity contribution in [2.24, 2.45) is 0 Å². The Balaban J connectivity index is 1.31. The minimum absolute atomic E-state index is 0.895. The fraction of sp³-hybridized carbons (Fsp3) is 0.300. The highest BCUT2D eigenvalue weighted by atomic mass is 28.3. The molecule has 0 bridgehead atoms. The molecule has 0 unspecified atom stereocenters. The van der Waals surface area contributed by atoms with Gasteiger partial charge in [0.15, 0.2) is 0 Å². The Morgan fingerprint density at radius 3 is 1.27 bits per heavy atom. The second kappa shape index (κ2) is 10.4. The molecule has 0 radical (unpaired) electrons. The SMILES string of the molecule is C1=C([Si](C2=Cc3c(cccc3-c3ccccc3)C2)(C2CCCC2)C2CCCC2)Cc2cccc(-c3ccccc3)c21. The number of hydrogen-bond acceptors (Lipinski definition) is 0. The topological polar surface area (TPSA) is 0 Å². The van der Waals surface area contributed by atoms with Crippen LogP contribution < -0.4 is 0 Å². The predicted molar refractivity (Wildman–Crippen MR) is 177 cm³/mol. The molecule has 0 spiro atoms. The molecule has 2 saturated carbocycles. The van der Waals surface area contributed by atoms with Crippen molar-refractivity contribution in [2.45, 2.75) is 75.3 Å². The van der Waals surface area contributed by atoms with Crippen molar-refractivity contribution >= 4 is 20.2 Å². The van der Waals surface area contributed by atoms with E-state index in [1.165, 1.54) is 97.6 Å². The van der Waals surface area contributed by atoms with E-state index in [9.17, 15) is 0 Å². The molecule has 4 aliphatic carbocycles. The highest BCUT2D eigenvalue weighted by Gasteiger charge is 2.55. The van der Waals surface area contributed by atoms with Crippen LogP contribution in [-0.2, 0) is 12.8 Å². The van der Waals surface area contributed by atoms with Crippen LogP contribution in [0.15, 0.2) is 107 Å². The van der Waals surface area contributed by atoms with Gasteiger partial charge in [-0.05, 0) is 68.4 Å². The molecule has 4 aromatic carbocycles. The summed E-state index contributed by atoms with van der Waals surface area (Å²) in [6.07, 6.45) is 19.3. The van der Waals surface area contributed by atoms with E-state index in [4.69, 9.17) is 0 Å². The highest BCUT2D eigenvalue weighted by Crippen LogP contribution is 2.60. The van der Waals surface area contributed by atoms with Gasteiger partial charge in [-0.2, -0.15) is 0 Å². The molecule has 41 heavy (non-hydrogen) atoms. The largest absolute Gasteiger partial charge is 0.115 e. The molecular weight excluding hydrogens is 509 g/mol. The van der Waals surface area contributed by atoms with Crippen LogP contribution in [0.4, 0.5) is 0 Å². The Morgan fingerprint density at radius 1 is 0.439 bits per heavy atom. The van der Waals surface area contributed by atoms with E-state index >= 15 is 0 Å². The Hall–Kier alpha value is -3.42. The summed E-state index contributed by atoms with van der Waals surface area (Å²) in [5.41, 5.74) is 13.5. The van der Waals surface area contributed by atoms with Gasteiger partial charge in [-0.25, -0.2) is 0 Å². The number of allylic oxidation sites excluding steroid dienone is 2. The maximum Gasteiger partial charge on any atom is 0.115 e. The van der Waals surface area contributed by atoms with Gasteiger partial charge < -0.3 is 0 Å². The van der Waals surface area contributed by atoms with Crippen LogP contribution in [0.2, 0.25) is 11.1 Å². The Kier molecular flexibility index (Phi) is 6.45. The minimum atomic E-state index is -1.98. The summed E-state index contributed by atoms with van der Waals surface area (Å²) in [4.78, 5) is 0. The predicted octanol–water partition coefficient (Wildman–Crippen LogP) is 11.0. The van der Waals surface area contributed by atoms with Crippen molar-refractivity contribution in [2.75, 3.05) is 0 Å². The van der Waals surface area contributed by atoms with Gasteiger partial charge in [-0.15, -0.1) is 0 Å². The third kappa shape index (κ3) is 4.16. The van der Waals surface area contributed by atoms with Gasteiger partial charge in [0.1, 0.15) is 8.07 Å². The fourth-order valence-electron chi connectivity index (χ4n) is 9.36. The van der Waals surface area contributed by atoms with Crippen molar-refractivity contribution < 1.29 is 0 Å². The summed E-state index contributed by atoms with van der Waals surface area (Å²) in [5.74, 6) is 0. The molecule has 4 aliphatic rings. The fourth-order valence-corrected chi connectivity index (χ4v) is 16.9. The molecule has 1 heteroatoms. The van der Waals surface area contributed by atoms with Gasteiger partial charge in [0.2, 0.25) is 0 Å². The van der Waals surface area contributed by atoms with E-state index in [0.29, 0.717) is 0 Å². The first-order valence-electron chi connectivity index (χ1n) is 16.1. The third-order valence-corrected chi connectivity index (χ3v) is 17.5. The zero-order chi connectivity index (χ0) is 27.2. The van der Waals surface area contributed by atoms with Crippen molar-refractivity contribution in [1.82, 2.24) is 0 Å². The van der Waals surface area contributed by atoms with E-state index in [-0.39, 0.29) is 0 Å². The molecule has 0 N–H and O–H groups in total. The van der Waals surface area contributed by atoms with Gasteiger partial charge >= 0.3 is 0 Å². The number of hydrogen-bond donors (Lipinski definition) is 0. The molecule has 0 amide bonds. The van der Waals surface area contributed by atoms with Crippen LogP contribution in [0.3, 0.4) is 0 Å². The summed E-state index contributed by atoms with van der Waals surface area (Å²) in [6.45, 7) is 0. The second-order valence-electron chi connectivity index (χ2n) is 13.0. The minimum Gasteiger partial charge on any atom is -0.0704 e. The van der Waals surface area contributed by atoms with E-state index < -0.39 is 8.07 Å². The van der Waals surface area contributed by atoms with Gasteiger partial charge in [-0.3, -0.25) is 0 Å². The van der Waals surface area contributed by atoms with Crippen molar-refractivity contribution in [1.29, 1.82) is 0 Å². The standard InChI is InChI=1S/C40H40Si/c1-3-13-29(14-4-1)37-23-11-17-31-25-35(27-39(31)37)41(33-19-7-8-20-33,34-21-9-10-22-34)36-26-32-18-12-24-38(40(32)28-36)30-15-5-2-6-16-30/h1-6,11-18,23-24,27-28,33-34H,7-10,19-22,25-26H2. The maximum absolute atomic E-state index is 2.75. The second-order valence-corrected chi connectivity index (χ2v) is 17.7. The van der Waals surface area contributed by atoms with E-state index in [1.807, 2.05) is 10.4 Å². The van der Waals surface area contributed by atoms with Crippen molar-refractivity contribution in [3.63, 3.8) is 0 Å². The van der Waals surface area contributed by atoms with Gasteiger partial charge in [0.25, 0.3) is 0 Å². The number of fused-ring (bicyclic) bond motifs is 2. The van der Waals surface area contributed by atoms with Crippen LogP contribution in [0.25, 0.3) is 34.4 Å². The molecule has 204 valence electrons. The summed E-state index contributed by atoms with van der Waals surface area (Å²) in [5, 5.41) is 3.74. The lowest BCUT2D eigenvalue weighted by molar-refractivity contribution is 0.749. The van der Waals surface area contributed by atoms with Crippen LogP contribution in [0.5, 0.6) is 0 Å². The van der Waals surface area contributed by atoms with Crippen LogP contribution >= 0.6 is 0 Å². The lowest BCUT2D eigenvalue weighted by Crippen LogP contribution is -2.48. The van der Waals surface area contributed by atoms with Gasteiger partial charge in [0, 0.05) is 0 Å². The van der Waals surface area contributed by atoms with Crippen LogP contribution in [-0.4, -0.2) is 8.07 Å². The molecule has 0 heterocycles. The molecule has 0 aromatic heterocycles. The number of rotatable bonds is 6. The number of benzene rings is 4. The lowest BCUT2D eigenvalue weighted by atomic mass is 9.97. The lowest BCUT2D eigenvalue weighted by Gasteiger charge is -2.45. The Morgan fingerprint density at radius 2 is 0.854 bits per heavy atom. The molecule has 0 aliphatic heterocycles. The summed E-state index contributed by atoms with van der Waals surface area (Å²) in [6, 6.07) is 36.4. The molecule has 0 nitrogen and oxygen atoms in total. The summed E-state index contributed by atoms with van der Waals surface area (Å²) >= 11 is 0. The van der Waals surface area contributed by atoms with Gasteiger partial charge in [-0.1, -0.05) is 171 Å². The van der Waals surface area contributed by atoms with Crippen molar-refractivity contribution in [3.8, 4) is 22.3 Å².